The number of Topliss-reactive ketones (excluding diaryl/α,β-unsaturated/α-hetero) is 1. The number of benzene rings is 1. The minimum absolute atomic E-state index is 0.0767. The van der Waals surface area contributed by atoms with Gasteiger partial charge in [-0.05, 0) is 31.3 Å². The number of aromatic nitrogens is 3. The van der Waals surface area contributed by atoms with Gasteiger partial charge >= 0.3 is 0 Å². The first-order chi connectivity index (χ1) is 8.61. The molecule has 0 radical (unpaired) electrons. The number of rotatable bonds is 4. The van der Waals surface area contributed by atoms with Crippen molar-refractivity contribution in [1.29, 1.82) is 0 Å². The zero-order valence-electron chi connectivity index (χ0n) is 10.1. The summed E-state index contributed by atoms with van der Waals surface area (Å²) >= 11 is 5.04. The molecule has 2 aromatic rings. The van der Waals surface area contributed by atoms with E-state index in [-0.39, 0.29) is 12.3 Å². The molecule has 2 rings (SSSR count). The van der Waals surface area contributed by atoms with E-state index in [1.807, 2.05) is 6.07 Å². The van der Waals surface area contributed by atoms with Gasteiger partial charge in [0.25, 0.3) is 0 Å². The lowest BCUT2D eigenvalue weighted by atomic mass is 10.1. The Morgan fingerprint density at radius 3 is 2.83 bits per heavy atom. The van der Waals surface area contributed by atoms with Crippen LogP contribution in [0.4, 0.5) is 0 Å². The molecule has 1 aromatic heterocycles. The van der Waals surface area contributed by atoms with Crippen LogP contribution >= 0.6 is 12.2 Å². The van der Waals surface area contributed by atoms with Crippen molar-refractivity contribution in [1.82, 2.24) is 14.8 Å². The first kappa shape index (κ1) is 12.5. The van der Waals surface area contributed by atoms with Crippen LogP contribution in [0.5, 0.6) is 5.75 Å². The van der Waals surface area contributed by atoms with Crippen LogP contribution < -0.4 is 4.74 Å². The van der Waals surface area contributed by atoms with E-state index in [1.54, 1.807) is 29.8 Å². The average molecular weight is 263 g/mol. The third-order valence-electron chi connectivity index (χ3n) is 2.50. The highest BCUT2D eigenvalue weighted by atomic mass is 32.1. The predicted molar refractivity (Wildman–Crippen MR) is 69.5 cm³/mol. The summed E-state index contributed by atoms with van der Waals surface area (Å²) in [5.74, 6) is 1.17. The average Bonchev–Trinajstić information content (AvgIpc) is 2.67. The second-order valence-corrected chi connectivity index (χ2v) is 4.17. The van der Waals surface area contributed by atoms with Crippen LogP contribution in [0, 0.1) is 11.7 Å². The van der Waals surface area contributed by atoms with Crippen molar-refractivity contribution in [3.63, 3.8) is 0 Å². The maximum atomic E-state index is 12.2. The van der Waals surface area contributed by atoms with Crippen molar-refractivity contribution >= 4 is 18.0 Å². The molecule has 0 spiro atoms. The maximum absolute atomic E-state index is 12.2. The number of nitrogens with zero attached hydrogens (tertiary/aromatic N) is 2. The summed E-state index contributed by atoms with van der Waals surface area (Å²) in [6, 6.07) is 7.10. The molecule has 0 aliphatic carbocycles. The molecule has 0 bridgehead atoms. The van der Waals surface area contributed by atoms with Crippen LogP contribution in [0.1, 0.15) is 16.2 Å². The fourth-order valence-corrected chi connectivity index (χ4v) is 1.93. The Labute approximate surface area is 109 Å². The summed E-state index contributed by atoms with van der Waals surface area (Å²) in [6.45, 7) is 1.92. The Morgan fingerprint density at radius 2 is 2.22 bits per heavy atom. The topological polar surface area (TPSA) is 59.9 Å². The Morgan fingerprint density at radius 1 is 1.50 bits per heavy atom. The quantitative estimate of drug-likeness (QED) is 0.678. The Kier molecular flexibility index (Phi) is 3.57. The number of carbonyl (C=O) groups is 1. The van der Waals surface area contributed by atoms with E-state index in [9.17, 15) is 4.79 Å². The molecule has 0 saturated heterocycles. The number of hydrogen-bond acceptors (Lipinski definition) is 4. The van der Waals surface area contributed by atoms with E-state index in [2.05, 4.69) is 10.1 Å². The van der Waals surface area contributed by atoms with Crippen LogP contribution in [0.25, 0.3) is 0 Å². The second kappa shape index (κ2) is 5.14. The Balaban J connectivity index is 2.27. The minimum Gasteiger partial charge on any atom is -0.496 e. The summed E-state index contributed by atoms with van der Waals surface area (Å²) in [4.78, 5) is 16.2. The molecule has 0 aliphatic rings. The molecule has 1 aromatic carbocycles. The van der Waals surface area contributed by atoms with Crippen molar-refractivity contribution in [2.24, 2.45) is 0 Å². The summed E-state index contributed by atoms with van der Waals surface area (Å²) < 4.78 is 7.07. The standard InChI is InChI=1S/C12H13N3O2S/c1-8-13-12(18)15(14-8)7-10(16)9-5-3-4-6-11(9)17-2/h3-6H,7H2,1-2H3,(H,13,14,18). The number of hydrogen-bond donors (Lipinski definition) is 1. The van der Waals surface area contributed by atoms with Gasteiger partial charge in [0, 0.05) is 0 Å². The van der Waals surface area contributed by atoms with Crippen molar-refractivity contribution in [2.45, 2.75) is 13.5 Å². The summed E-state index contributed by atoms with van der Waals surface area (Å²) in [5, 5.41) is 2.92. The van der Waals surface area contributed by atoms with E-state index >= 15 is 0 Å². The van der Waals surface area contributed by atoms with Gasteiger partial charge in [0.05, 0.1) is 12.7 Å². The highest BCUT2D eigenvalue weighted by Crippen LogP contribution is 2.18. The molecule has 0 unspecified atom stereocenters. The van der Waals surface area contributed by atoms with Crippen molar-refractivity contribution in [2.75, 3.05) is 7.11 Å². The smallest absolute Gasteiger partial charge is 0.216 e. The molecule has 0 aliphatic heterocycles. The van der Waals surface area contributed by atoms with Gasteiger partial charge in [-0.25, -0.2) is 4.98 Å². The van der Waals surface area contributed by atoms with Crippen LogP contribution in [-0.2, 0) is 6.54 Å². The van der Waals surface area contributed by atoms with Crippen LogP contribution in [0.15, 0.2) is 24.3 Å². The van der Waals surface area contributed by atoms with Crippen LogP contribution in [0.3, 0.4) is 0 Å². The molecular weight excluding hydrogens is 250 g/mol. The monoisotopic (exact) mass is 263 g/mol. The van der Waals surface area contributed by atoms with E-state index in [0.717, 1.165) is 0 Å². The van der Waals surface area contributed by atoms with E-state index < -0.39 is 0 Å². The summed E-state index contributed by atoms with van der Waals surface area (Å²) in [5.41, 5.74) is 0.536. The van der Waals surface area contributed by atoms with Gasteiger partial charge < -0.3 is 4.74 Å². The lowest BCUT2D eigenvalue weighted by molar-refractivity contribution is 0.0964. The number of carbonyl (C=O) groups excluding carboxylic acids is 1. The first-order valence-electron chi connectivity index (χ1n) is 5.41. The van der Waals surface area contributed by atoms with Crippen LogP contribution in [0.2, 0.25) is 0 Å². The molecule has 0 fully saturated rings. The number of ether oxygens (including phenoxy) is 1. The van der Waals surface area contributed by atoms with Crippen molar-refractivity contribution in [3.05, 3.63) is 40.4 Å². The molecule has 94 valence electrons. The number of methoxy groups -OCH3 is 1. The third-order valence-corrected chi connectivity index (χ3v) is 2.81. The minimum atomic E-state index is -0.0767. The Hall–Kier alpha value is -1.95. The predicted octanol–water partition coefficient (Wildman–Crippen LogP) is 2.14. The number of H-pyrrole nitrogens is 1. The highest BCUT2D eigenvalue weighted by molar-refractivity contribution is 7.71. The molecule has 1 heterocycles. The van der Waals surface area contributed by atoms with Gasteiger partial charge in [0.15, 0.2) is 5.78 Å². The summed E-state index contributed by atoms with van der Waals surface area (Å²) in [6.07, 6.45) is 0. The molecule has 0 saturated carbocycles. The molecule has 6 heteroatoms. The number of para-hydroxylation sites is 1. The number of nitrogens with one attached hydrogen (secondary N) is 1. The Bertz CT molecular complexity index is 630. The second-order valence-electron chi connectivity index (χ2n) is 3.80. The van der Waals surface area contributed by atoms with E-state index in [0.29, 0.717) is 21.9 Å². The van der Waals surface area contributed by atoms with Gasteiger partial charge in [0.2, 0.25) is 4.77 Å². The first-order valence-corrected chi connectivity index (χ1v) is 5.82. The van der Waals surface area contributed by atoms with Gasteiger partial charge in [0.1, 0.15) is 18.1 Å². The molecule has 5 nitrogen and oxygen atoms in total. The number of ketones is 1. The van der Waals surface area contributed by atoms with E-state index in [4.69, 9.17) is 17.0 Å². The zero-order valence-corrected chi connectivity index (χ0v) is 11.0. The summed E-state index contributed by atoms with van der Waals surface area (Å²) in [7, 11) is 1.54. The molecule has 0 atom stereocenters. The fourth-order valence-electron chi connectivity index (χ4n) is 1.68. The van der Waals surface area contributed by atoms with E-state index in [1.165, 1.54) is 7.11 Å². The normalized spacial score (nSPS) is 10.3. The van der Waals surface area contributed by atoms with Crippen molar-refractivity contribution < 1.29 is 9.53 Å². The number of aromatic amines is 1. The highest BCUT2D eigenvalue weighted by Gasteiger charge is 2.13. The molecular formula is C12H13N3O2S. The van der Waals surface area contributed by atoms with Gasteiger partial charge in [-0.2, -0.15) is 0 Å². The molecule has 0 amide bonds. The third kappa shape index (κ3) is 2.48. The number of aryl methyl sites for hydroxylation is 1. The zero-order chi connectivity index (χ0) is 13.1. The van der Waals surface area contributed by atoms with Crippen molar-refractivity contribution in [3.8, 4) is 5.75 Å². The fraction of sp³-hybridized carbons (Fsp3) is 0.250. The van der Waals surface area contributed by atoms with Gasteiger partial charge in [-0.15, -0.1) is 0 Å². The van der Waals surface area contributed by atoms with Gasteiger partial charge in [-0.1, -0.05) is 12.1 Å². The maximum Gasteiger partial charge on any atom is 0.216 e. The molecule has 1 N–H and O–H groups in total. The SMILES string of the molecule is COc1ccccc1C(=O)Cn1[nH]c(C)nc1=S. The lowest BCUT2D eigenvalue weighted by Crippen LogP contribution is -2.13. The largest absolute Gasteiger partial charge is 0.496 e. The lowest BCUT2D eigenvalue weighted by Gasteiger charge is -2.07. The van der Waals surface area contributed by atoms with Crippen LogP contribution in [-0.4, -0.2) is 27.7 Å². The van der Waals surface area contributed by atoms with Gasteiger partial charge in [-0.3, -0.25) is 14.6 Å². The molecule has 18 heavy (non-hydrogen) atoms.